The Morgan fingerprint density at radius 1 is 1.56 bits per heavy atom. The Morgan fingerprint density at radius 3 is 2.69 bits per heavy atom. The second kappa shape index (κ2) is 4.84. The summed E-state index contributed by atoms with van der Waals surface area (Å²) in [6.45, 7) is 6.48. The molecule has 1 aliphatic rings. The Bertz CT molecular complexity index is 264. The first-order valence-electron chi connectivity index (χ1n) is 5.45. The normalized spacial score (nSPS) is 25.9. The lowest BCUT2D eigenvalue weighted by molar-refractivity contribution is 0.0202. The first kappa shape index (κ1) is 13.6. The average Bonchev–Trinajstić information content (AvgIpc) is 2.45. The summed E-state index contributed by atoms with van der Waals surface area (Å²) < 4.78 is 5.26. The summed E-state index contributed by atoms with van der Waals surface area (Å²) in [5.41, 5.74) is -1.21. The number of carbonyl (C=O) groups excluding carboxylic acids is 1. The molecule has 1 atom stereocenters. The van der Waals surface area contributed by atoms with Crippen LogP contribution >= 0.6 is 11.8 Å². The van der Waals surface area contributed by atoms with Gasteiger partial charge in [0.1, 0.15) is 5.60 Å². The average molecular weight is 247 g/mol. The molecule has 1 heterocycles. The fourth-order valence-corrected chi connectivity index (χ4v) is 2.50. The summed E-state index contributed by atoms with van der Waals surface area (Å²) in [6, 6.07) is 0. The highest BCUT2D eigenvalue weighted by molar-refractivity contribution is 7.98. The van der Waals surface area contributed by atoms with Gasteiger partial charge in [0.25, 0.3) is 0 Å². The van der Waals surface area contributed by atoms with E-state index in [-0.39, 0.29) is 6.09 Å². The van der Waals surface area contributed by atoms with E-state index in [4.69, 9.17) is 4.74 Å². The van der Waals surface area contributed by atoms with E-state index in [0.29, 0.717) is 25.3 Å². The Kier molecular flexibility index (Phi) is 4.12. The van der Waals surface area contributed by atoms with Crippen molar-refractivity contribution in [2.75, 3.05) is 25.1 Å². The summed E-state index contributed by atoms with van der Waals surface area (Å²) in [5, 5.41) is 10.1. The zero-order valence-electron chi connectivity index (χ0n) is 10.4. The molecule has 4 nitrogen and oxygen atoms in total. The number of ether oxygens (including phenoxy) is 1. The highest BCUT2D eigenvalue weighted by Gasteiger charge is 2.39. The van der Waals surface area contributed by atoms with Crippen LogP contribution in [0.15, 0.2) is 0 Å². The molecule has 0 radical (unpaired) electrons. The molecular formula is C11H21NO3S. The lowest BCUT2D eigenvalue weighted by Crippen LogP contribution is -2.40. The minimum atomic E-state index is -0.740. The molecule has 94 valence electrons. The predicted molar refractivity (Wildman–Crippen MR) is 65.8 cm³/mol. The van der Waals surface area contributed by atoms with Gasteiger partial charge < -0.3 is 14.7 Å². The van der Waals surface area contributed by atoms with Crippen LogP contribution in [0.5, 0.6) is 0 Å². The van der Waals surface area contributed by atoms with Crippen LogP contribution in [0.25, 0.3) is 0 Å². The number of likely N-dealkylation sites (tertiary alicyclic amines) is 1. The molecule has 5 heteroatoms. The van der Waals surface area contributed by atoms with Gasteiger partial charge in [-0.3, -0.25) is 0 Å². The topological polar surface area (TPSA) is 49.8 Å². The molecule has 1 fully saturated rings. The second-order valence-electron chi connectivity index (χ2n) is 5.31. The Labute approximate surface area is 101 Å². The van der Waals surface area contributed by atoms with E-state index >= 15 is 0 Å². The van der Waals surface area contributed by atoms with Crippen LogP contribution in [0, 0.1) is 0 Å². The van der Waals surface area contributed by atoms with Gasteiger partial charge in [0, 0.05) is 12.3 Å². The summed E-state index contributed by atoms with van der Waals surface area (Å²) in [4.78, 5) is 13.3. The molecule has 0 aromatic heterocycles. The number of thioether (sulfide) groups is 1. The van der Waals surface area contributed by atoms with Crippen LogP contribution in [-0.2, 0) is 4.74 Å². The molecule has 16 heavy (non-hydrogen) atoms. The van der Waals surface area contributed by atoms with Crippen molar-refractivity contribution in [1.29, 1.82) is 0 Å². The van der Waals surface area contributed by atoms with Gasteiger partial charge in [-0.1, -0.05) is 0 Å². The minimum absolute atomic E-state index is 0.329. The van der Waals surface area contributed by atoms with Crippen molar-refractivity contribution in [3.05, 3.63) is 0 Å². The predicted octanol–water partition coefficient (Wildman–Crippen LogP) is 1.72. The largest absolute Gasteiger partial charge is 0.444 e. The number of hydrogen-bond donors (Lipinski definition) is 1. The van der Waals surface area contributed by atoms with Gasteiger partial charge in [-0.2, -0.15) is 11.8 Å². The van der Waals surface area contributed by atoms with Crippen molar-refractivity contribution in [2.45, 2.75) is 38.4 Å². The molecule has 1 rings (SSSR count). The van der Waals surface area contributed by atoms with Crippen LogP contribution in [0.2, 0.25) is 0 Å². The van der Waals surface area contributed by atoms with E-state index in [0.717, 1.165) is 0 Å². The van der Waals surface area contributed by atoms with E-state index in [2.05, 4.69) is 0 Å². The third-order valence-electron chi connectivity index (χ3n) is 2.40. The van der Waals surface area contributed by atoms with Gasteiger partial charge in [-0.25, -0.2) is 4.79 Å². The highest BCUT2D eigenvalue weighted by atomic mass is 32.2. The quantitative estimate of drug-likeness (QED) is 0.807. The van der Waals surface area contributed by atoms with Crippen molar-refractivity contribution in [1.82, 2.24) is 4.90 Å². The number of nitrogens with zero attached hydrogens (tertiary/aromatic N) is 1. The van der Waals surface area contributed by atoms with Crippen LogP contribution in [0.3, 0.4) is 0 Å². The van der Waals surface area contributed by atoms with Crippen molar-refractivity contribution in [3.8, 4) is 0 Å². The molecule has 0 aliphatic carbocycles. The third kappa shape index (κ3) is 3.87. The lowest BCUT2D eigenvalue weighted by atomic mass is 10.1. The number of rotatable bonds is 2. The molecule has 0 spiro atoms. The van der Waals surface area contributed by atoms with Gasteiger partial charge in [-0.15, -0.1) is 0 Å². The van der Waals surface area contributed by atoms with Gasteiger partial charge in [-0.05, 0) is 33.4 Å². The highest BCUT2D eigenvalue weighted by Crippen LogP contribution is 2.25. The van der Waals surface area contributed by atoms with Gasteiger partial charge in [0.2, 0.25) is 0 Å². The van der Waals surface area contributed by atoms with E-state index < -0.39 is 11.2 Å². The van der Waals surface area contributed by atoms with Crippen molar-refractivity contribution in [3.63, 3.8) is 0 Å². The zero-order valence-corrected chi connectivity index (χ0v) is 11.3. The smallest absolute Gasteiger partial charge is 0.410 e. The minimum Gasteiger partial charge on any atom is -0.444 e. The van der Waals surface area contributed by atoms with E-state index in [1.165, 1.54) is 0 Å². The number of carbonyl (C=O) groups is 1. The van der Waals surface area contributed by atoms with Crippen molar-refractivity contribution < 1.29 is 14.6 Å². The van der Waals surface area contributed by atoms with Gasteiger partial charge >= 0.3 is 6.09 Å². The molecule has 0 bridgehead atoms. The SMILES string of the molecule is CSCC1(O)CCN(C(=O)OC(C)(C)C)C1. The molecule has 0 aromatic rings. The maximum absolute atomic E-state index is 11.7. The monoisotopic (exact) mass is 247 g/mol. The molecule has 0 aromatic carbocycles. The lowest BCUT2D eigenvalue weighted by Gasteiger charge is -2.26. The first-order chi connectivity index (χ1) is 7.26. The fourth-order valence-electron chi connectivity index (χ4n) is 1.73. The molecular weight excluding hydrogens is 226 g/mol. The van der Waals surface area contributed by atoms with Crippen LogP contribution in [-0.4, -0.2) is 52.4 Å². The molecule has 1 saturated heterocycles. The first-order valence-corrected chi connectivity index (χ1v) is 6.84. The Hall–Kier alpha value is -0.420. The Balaban J connectivity index is 2.50. The standard InChI is InChI=1S/C11H21NO3S/c1-10(2,3)15-9(13)12-6-5-11(14,7-12)8-16-4/h14H,5-8H2,1-4H3. The molecule has 0 saturated carbocycles. The Morgan fingerprint density at radius 2 is 2.19 bits per heavy atom. The fraction of sp³-hybridized carbons (Fsp3) is 0.909. The van der Waals surface area contributed by atoms with E-state index in [1.807, 2.05) is 27.0 Å². The van der Waals surface area contributed by atoms with Crippen molar-refractivity contribution in [2.24, 2.45) is 0 Å². The van der Waals surface area contributed by atoms with Crippen LogP contribution < -0.4 is 0 Å². The van der Waals surface area contributed by atoms with E-state index in [9.17, 15) is 9.90 Å². The molecule has 1 amide bonds. The zero-order chi connectivity index (χ0) is 12.4. The summed E-state index contributed by atoms with van der Waals surface area (Å²) >= 11 is 1.60. The van der Waals surface area contributed by atoms with Crippen molar-refractivity contribution >= 4 is 17.9 Å². The number of aliphatic hydroxyl groups is 1. The maximum Gasteiger partial charge on any atom is 0.410 e. The maximum atomic E-state index is 11.7. The number of β-amino-alcohol motifs (C(OH)–C–C–N with tert-alkyl or cyclic N) is 1. The third-order valence-corrected chi connectivity index (χ3v) is 3.22. The molecule has 1 N–H and O–H groups in total. The van der Waals surface area contributed by atoms with E-state index in [1.54, 1.807) is 16.7 Å². The van der Waals surface area contributed by atoms with Crippen LogP contribution in [0.4, 0.5) is 4.79 Å². The second-order valence-corrected chi connectivity index (χ2v) is 6.18. The number of amides is 1. The molecule has 1 unspecified atom stereocenters. The van der Waals surface area contributed by atoms with Gasteiger partial charge in [0.15, 0.2) is 0 Å². The summed E-state index contributed by atoms with van der Waals surface area (Å²) in [7, 11) is 0. The summed E-state index contributed by atoms with van der Waals surface area (Å²) in [5.74, 6) is 0.659. The summed E-state index contributed by atoms with van der Waals surface area (Å²) in [6.07, 6.45) is 2.26. The number of hydrogen-bond acceptors (Lipinski definition) is 4. The van der Waals surface area contributed by atoms with Crippen LogP contribution in [0.1, 0.15) is 27.2 Å². The van der Waals surface area contributed by atoms with Gasteiger partial charge in [0.05, 0.1) is 12.1 Å². The molecule has 1 aliphatic heterocycles.